The largest absolute Gasteiger partial charge is 0.456 e. The van der Waals surface area contributed by atoms with Crippen LogP contribution in [0.1, 0.15) is 69.3 Å². The van der Waals surface area contributed by atoms with Crippen LogP contribution < -0.4 is 9.93 Å². The molecule has 3 nitrogen and oxygen atoms in total. The monoisotopic (exact) mass is 440 g/mol. The first-order chi connectivity index (χ1) is 16.0. The second-order valence-corrected chi connectivity index (χ2v) is 8.70. The van der Waals surface area contributed by atoms with E-state index in [1.807, 2.05) is 18.2 Å². The Morgan fingerprint density at radius 3 is 2.27 bits per heavy atom. The van der Waals surface area contributed by atoms with E-state index in [1.54, 1.807) is 6.92 Å². The second-order valence-electron chi connectivity index (χ2n) is 8.70. The Morgan fingerprint density at radius 1 is 0.879 bits per heavy atom. The molecule has 0 radical (unpaired) electrons. The van der Waals surface area contributed by atoms with E-state index in [9.17, 15) is 4.79 Å². The van der Waals surface area contributed by atoms with Crippen LogP contribution in [0, 0.1) is 0 Å². The third kappa shape index (κ3) is 4.25. The molecule has 0 saturated heterocycles. The Morgan fingerprint density at radius 2 is 1.61 bits per heavy atom. The number of fused-ring (bicyclic) bond motifs is 2. The normalized spacial score (nSPS) is 11.5. The van der Waals surface area contributed by atoms with Crippen molar-refractivity contribution in [3.05, 3.63) is 77.1 Å². The van der Waals surface area contributed by atoms with Crippen molar-refractivity contribution in [2.75, 3.05) is 13.1 Å². The van der Waals surface area contributed by atoms with Gasteiger partial charge in [0, 0.05) is 28.1 Å². The lowest BCUT2D eigenvalue weighted by atomic mass is 9.88. The third-order valence-corrected chi connectivity index (χ3v) is 6.89. The van der Waals surface area contributed by atoms with Crippen LogP contribution in [0.3, 0.4) is 0 Å². The highest BCUT2D eigenvalue weighted by atomic mass is 16.3. The Kier molecular flexibility index (Phi) is 6.78. The Bertz CT molecular complexity index is 1340. The van der Waals surface area contributed by atoms with Crippen LogP contribution in [0.5, 0.6) is 0 Å². The summed E-state index contributed by atoms with van der Waals surface area (Å²) < 4.78 is 8.88. The molecular weight excluding hydrogens is 406 g/mol. The zero-order valence-electron chi connectivity index (χ0n) is 20.4. The minimum absolute atomic E-state index is 0.0705. The number of benzene rings is 3. The highest BCUT2D eigenvalue weighted by Gasteiger charge is 2.22. The SMILES string of the molecule is CCC(CC)c1ccc2c(-c3ccccc3C(C)=O)c3ccc(=[N+](CC)CC)cc-3oc2c1. The maximum absolute atomic E-state index is 12.5. The number of Topliss-reactive ketones (excluding diaryl/α,β-unsaturated/α-hetero) is 1. The number of carbonyl (C=O) groups is 1. The van der Waals surface area contributed by atoms with Gasteiger partial charge >= 0.3 is 0 Å². The lowest BCUT2D eigenvalue weighted by Crippen LogP contribution is -2.29. The number of nitrogens with zero attached hydrogens (tertiary/aromatic N) is 1. The van der Waals surface area contributed by atoms with Gasteiger partial charge in [0.15, 0.2) is 5.78 Å². The van der Waals surface area contributed by atoms with Gasteiger partial charge in [0.05, 0.1) is 6.07 Å². The molecule has 0 unspecified atom stereocenters. The van der Waals surface area contributed by atoms with E-state index >= 15 is 0 Å². The fourth-order valence-electron chi connectivity index (χ4n) is 4.99. The molecule has 1 aliphatic heterocycles. The van der Waals surface area contributed by atoms with E-state index < -0.39 is 0 Å². The first kappa shape index (κ1) is 23.0. The lowest BCUT2D eigenvalue weighted by Gasteiger charge is -2.19. The highest BCUT2D eigenvalue weighted by Crippen LogP contribution is 2.42. The van der Waals surface area contributed by atoms with Gasteiger partial charge in [0.2, 0.25) is 5.36 Å². The zero-order chi connectivity index (χ0) is 23.5. The van der Waals surface area contributed by atoms with Gasteiger partial charge in [-0.25, -0.2) is 4.58 Å². The van der Waals surface area contributed by atoms with Gasteiger partial charge in [-0.2, -0.15) is 0 Å². The van der Waals surface area contributed by atoms with Crippen molar-refractivity contribution in [1.29, 1.82) is 0 Å². The molecule has 0 bridgehead atoms. The highest BCUT2D eigenvalue weighted by molar-refractivity contribution is 6.09. The summed E-state index contributed by atoms with van der Waals surface area (Å²) in [7, 11) is 0. The molecule has 33 heavy (non-hydrogen) atoms. The van der Waals surface area contributed by atoms with Gasteiger partial charge in [0.1, 0.15) is 24.4 Å². The first-order valence-corrected chi connectivity index (χ1v) is 12.2. The Balaban J connectivity index is 2.13. The van der Waals surface area contributed by atoms with Crippen molar-refractivity contribution in [1.82, 2.24) is 4.58 Å². The molecule has 0 atom stereocenters. The van der Waals surface area contributed by atoms with Crippen LogP contribution in [0.4, 0.5) is 0 Å². The van der Waals surface area contributed by atoms with E-state index in [1.165, 1.54) is 5.56 Å². The van der Waals surface area contributed by atoms with Crippen LogP contribution >= 0.6 is 0 Å². The predicted octanol–water partition coefficient (Wildman–Crippen LogP) is 7.12. The summed E-state index contributed by atoms with van der Waals surface area (Å²) in [4.78, 5) is 12.5. The van der Waals surface area contributed by atoms with Crippen molar-refractivity contribution in [2.45, 2.75) is 53.4 Å². The Labute approximate surface area is 196 Å². The van der Waals surface area contributed by atoms with Crippen molar-refractivity contribution in [3.63, 3.8) is 0 Å². The van der Waals surface area contributed by atoms with Gasteiger partial charge in [0.25, 0.3) is 0 Å². The van der Waals surface area contributed by atoms with Crippen molar-refractivity contribution >= 4 is 16.8 Å². The van der Waals surface area contributed by atoms with Crippen molar-refractivity contribution in [3.8, 4) is 22.5 Å². The van der Waals surface area contributed by atoms with E-state index in [0.717, 1.165) is 70.3 Å². The molecule has 4 rings (SSSR count). The number of hydrogen-bond acceptors (Lipinski definition) is 2. The van der Waals surface area contributed by atoms with Crippen LogP contribution in [0.15, 0.2) is 65.1 Å². The second kappa shape index (κ2) is 9.74. The van der Waals surface area contributed by atoms with Gasteiger partial charge in [-0.05, 0) is 62.8 Å². The van der Waals surface area contributed by atoms with Crippen LogP contribution in [-0.4, -0.2) is 18.9 Å². The van der Waals surface area contributed by atoms with Gasteiger partial charge in [-0.15, -0.1) is 0 Å². The third-order valence-electron chi connectivity index (χ3n) is 6.89. The molecule has 1 aliphatic carbocycles. The molecule has 2 aliphatic rings. The molecule has 2 aromatic rings. The Hall–Kier alpha value is -3.20. The maximum atomic E-state index is 12.5. The van der Waals surface area contributed by atoms with Gasteiger partial charge in [-0.1, -0.05) is 50.2 Å². The molecule has 0 saturated carbocycles. The first-order valence-electron chi connectivity index (χ1n) is 12.2. The molecule has 3 heteroatoms. The maximum Gasteiger partial charge on any atom is 0.203 e. The molecule has 0 fully saturated rings. The summed E-state index contributed by atoms with van der Waals surface area (Å²) in [6, 6.07) is 21.0. The number of carbonyl (C=O) groups excluding carboxylic acids is 1. The smallest absolute Gasteiger partial charge is 0.203 e. The molecule has 0 spiro atoms. The minimum atomic E-state index is 0.0705. The fourth-order valence-corrected chi connectivity index (χ4v) is 4.99. The number of rotatable bonds is 7. The fraction of sp³-hybridized carbons (Fsp3) is 0.333. The molecule has 0 aromatic heterocycles. The summed E-state index contributed by atoms with van der Waals surface area (Å²) in [6.07, 6.45) is 2.20. The summed E-state index contributed by atoms with van der Waals surface area (Å²) in [5.74, 6) is 1.43. The molecule has 170 valence electrons. The zero-order valence-corrected chi connectivity index (χ0v) is 20.4. The number of hydrogen-bond donors (Lipinski definition) is 0. The molecular formula is C30H34NO2+. The summed E-state index contributed by atoms with van der Waals surface area (Å²) in [5.41, 5.74) is 5.98. The standard InChI is InChI=1S/C30H34NO2/c1-6-21(7-2)22-14-16-26-28(18-22)33-29-19-23(31(8-3)9-4)15-17-27(29)30(26)25-13-11-10-12-24(25)20(5)32/h10-19,21H,6-9H2,1-5H3/q+1. The lowest BCUT2D eigenvalue weighted by molar-refractivity contribution is 0.101. The van der Waals surface area contributed by atoms with Crippen molar-refractivity contribution < 1.29 is 9.21 Å². The molecule has 0 N–H and O–H groups in total. The van der Waals surface area contributed by atoms with E-state index in [4.69, 9.17) is 4.42 Å². The average Bonchev–Trinajstić information content (AvgIpc) is 2.84. The average molecular weight is 441 g/mol. The quantitative estimate of drug-likeness (QED) is 0.174. The van der Waals surface area contributed by atoms with E-state index in [-0.39, 0.29) is 5.78 Å². The van der Waals surface area contributed by atoms with E-state index in [0.29, 0.717) is 5.92 Å². The van der Waals surface area contributed by atoms with E-state index in [2.05, 4.69) is 74.7 Å². The summed E-state index contributed by atoms with van der Waals surface area (Å²) >= 11 is 0. The van der Waals surface area contributed by atoms with Gasteiger partial charge in [-0.3, -0.25) is 4.79 Å². The molecule has 1 heterocycles. The predicted molar refractivity (Wildman–Crippen MR) is 138 cm³/mol. The number of ketones is 1. The van der Waals surface area contributed by atoms with Crippen LogP contribution in [0.2, 0.25) is 0 Å². The molecule has 0 amide bonds. The van der Waals surface area contributed by atoms with Gasteiger partial charge < -0.3 is 4.42 Å². The van der Waals surface area contributed by atoms with Crippen molar-refractivity contribution in [2.24, 2.45) is 0 Å². The summed E-state index contributed by atoms with van der Waals surface area (Å²) in [5, 5.41) is 2.19. The topological polar surface area (TPSA) is 33.2 Å². The molecule has 2 aromatic carbocycles. The van der Waals surface area contributed by atoms with Crippen LogP contribution in [0.25, 0.3) is 33.4 Å². The summed E-state index contributed by atoms with van der Waals surface area (Å²) in [6.45, 7) is 12.3. The minimum Gasteiger partial charge on any atom is -0.456 e. The van der Waals surface area contributed by atoms with Crippen LogP contribution in [-0.2, 0) is 0 Å².